The zero-order valence-electron chi connectivity index (χ0n) is 14.5. The minimum absolute atomic E-state index is 0.224. The van der Waals surface area contributed by atoms with Gasteiger partial charge in [-0.2, -0.15) is 0 Å². The lowest BCUT2D eigenvalue weighted by Crippen LogP contribution is -2.22. The molecule has 0 saturated heterocycles. The van der Waals surface area contributed by atoms with E-state index in [4.69, 9.17) is 4.74 Å². The van der Waals surface area contributed by atoms with E-state index in [9.17, 15) is 13.8 Å². The summed E-state index contributed by atoms with van der Waals surface area (Å²) in [6.07, 6.45) is 0. The zero-order chi connectivity index (χ0) is 18.4. The van der Waals surface area contributed by atoms with Crippen LogP contribution in [0.1, 0.15) is 28.4 Å². The molecule has 132 valence electrons. The molecule has 0 aliphatic carbocycles. The summed E-state index contributed by atoms with van der Waals surface area (Å²) < 4.78 is 17.1. The van der Waals surface area contributed by atoms with Gasteiger partial charge in [0.2, 0.25) is 0 Å². The van der Waals surface area contributed by atoms with Crippen LogP contribution in [-0.2, 0) is 20.3 Å². The van der Waals surface area contributed by atoms with Crippen molar-refractivity contribution in [1.82, 2.24) is 0 Å². The Morgan fingerprint density at radius 1 is 1.12 bits per heavy atom. The second kappa shape index (κ2) is 8.58. The fourth-order valence-electron chi connectivity index (χ4n) is 2.25. The van der Waals surface area contributed by atoms with Gasteiger partial charge in [-0.05, 0) is 43.2 Å². The van der Waals surface area contributed by atoms with Crippen LogP contribution < -0.4 is 5.32 Å². The second-order valence-electron chi connectivity index (χ2n) is 5.57. The van der Waals surface area contributed by atoms with Crippen molar-refractivity contribution >= 4 is 28.4 Å². The number of amides is 1. The molecule has 1 atom stereocenters. The van der Waals surface area contributed by atoms with Crippen molar-refractivity contribution in [2.45, 2.75) is 25.7 Å². The Bertz CT molecular complexity index is 817. The highest BCUT2D eigenvalue weighted by Gasteiger charge is 2.17. The van der Waals surface area contributed by atoms with E-state index in [1.54, 1.807) is 31.2 Å². The van der Waals surface area contributed by atoms with Gasteiger partial charge >= 0.3 is 5.97 Å². The van der Waals surface area contributed by atoms with Crippen LogP contribution >= 0.6 is 0 Å². The smallest absolute Gasteiger partial charge is 0.339 e. The maximum Gasteiger partial charge on any atom is 0.339 e. The largest absolute Gasteiger partial charge is 0.452 e. The van der Waals surface area contributed by atoms with Gasteiger partial charge in [0.1, 0.15) is 0 Å². The number of carbonyl (C=O) groups excluding carboxylic acids is 2. The predicted molar refractivity (Wildman–Crippen MR) is 98.2 cm³/mol. The van der Waals surface area contributed by atoms with Gasteiger partial charge in [-0.3, -0.25) is 9.00 Å². The molecule has 25 heavy (non-hydrogen) atoms. The van der Waals surface area contributed by atoms with Crippen molar-refractivity contribution in [3.63, 3.8) is 0 Å². The molecule has 2 aromatic rings. The first kappa shape index (κ1) is 18.9. The fraction of sp³-hybridized carbons (Fsp3) is 0.263. The van der Waals surface area contributed by atoms with E-state index in [0.717, 1.165) is 11.1 Å². The number of nitrogens with one attached hydrogen (secondary N) is 1. The Balaban J connectivity index is 2.02. The van der Waals surface area contributed by atoms with Crippen LogP contribution in [0.5, 0.6) is 0 Å². The Morgan fingerprint density at radius 3 is 2.56 bits per heavy atom. The molecule has 0 heterocycles. The van der Waals surface area contributed by atoms with Crippen molar-refractivity contribution in [3.8, 4) is 0 Å². The van der Waals surface area contributed by atoms with Gasteiger partial charge in [0.15, 0.2) is 6.61 Å². The number of ether oxygens (including phenoxy) is 1. The highest BCUT2D eigenvalue weighted by Crippen LogP contribution is 2.17. The molecule has 0 saturated carbocycles. The maximum absolute atomic E-state index is 12.2. The molecule has 0 aliphatic heterocycles. The minimum Gasteiger partial charge on any atom is -0.452 e. The zero-order valence-corrected chi connectivity index (χ0v) is 15.3. The van der Waals surface area contributed by atoms with Crippen LogP contribution in [0.15, 0.2) is 47.4 Å². The first-order chi connectivity index (χ1) is 11.9. The summed E-state index contributed by atoms with van der Waals surface area (Å²) in [5, 5.41) is 2.73. The van der Waals surface area contributed by atoms with E-state index < -0.39 is 29.3 Å². The average molecular weight is 359 g/mol. The van der Waals surface area contributed by atoms with Crippen molar-refractivity contribution < 1.29 is 18.5 Å². The summed E-state index contributed by atoms with van der Waals surface area (Å²) in [5.74, 6) is -0.679. The third-order valence-corrected chi connectivity index (χ3v) is 4.99. The Morgan fingerprint density at radius 2 is 1.84 bits per heavy atom. The first-order valence-electron chi connectivity index (χ1n) is 7.94. The molecule has 1 N–H and O–H groups in total. The number of rotatable bonds is 6. The summed E-state index contributed by atoms with van der Waals surface area (Å²) in [6, 6.07) is 12.3. The topological polar surface area (TPSA) is 72.5 Å². The van der Waals surface area contributed by atoms with Crippen molar-refractivity contribution in [3.05, 3.63) is 59.2 Å². The number of benzene rings is 2. The lowest BCUT2D eigenvalue weighted by atomic mass is 10.1. The van der Waals surface area contributed by atoms with Gasteiger partial charge in [0.05, 0.1) is 21.3 Å². The molecule has 0 aliphatic rings. The molecule has 5 nitrogen and oxygen atoms in total. The van der Waals surface area contributed by atoms with Crippen LogP contribution in [0.4, 0.5) is 5.69 Å². The van der Waals surface area contributed by atoms with Crippen LogP contribution in [0.25, 0.3) is 0 Å². The van der Waals surface area contributed by atoms with Gasteiger partial charge in [-0.1, -0.05) is 31.2 Å². The summed E-state index contributed by atoms with van der Waals surface area (Å²) in [7, 11) is -1.28. The van der Waals surface area contributed by atoms with Gasteiger partial charge in [0.25, 0.3) is 5.91 Å². The molecule has 0 spiro atoms. The molecule has 1 amide bonds. The molecule has 0 aromatic heterocycles. The predicted octanol–water partition coefficient (Wildman–Crippen LogP) is 3.23. The summed E-state index contributed by atoms with van der Waals surface area (Å²) in [6.45, 7) is 5.19. The van der Waals surface area contributed by atoms with E-state index in [-0.39, 0.29) is 5.56 Å². The van der Waals surface area contributed by atoms with E-state index in [1.165, 1.54) is 0 Å². The van der Waals surface area contributed by atoms with E-state index in [0.29, 0.717) is 16.3 Å². The maximum atomic E-state index is 12.2. The van der Waals surface area contributed by atoms with E-state index >= 15 is 0 Å². The van der Waals surface area contributed by atoms with Gasteiger partial charge in [-0.15, -0.1) is 0 Å². The van der Waals surface area contributed by atoms with E-state index in [2.05, 4.69) is 5.32 Å². The minimum atomic E-state index is -1.28. The fourth-order valence-corrected chi connectivity index (χ4v) is 3.19. The number of aryl methyl sites for hydroxylation is 2. The van der Waals surface area contributed by atoms with Gasteiger partial charge in [-0.25, -0.2) is 4.79 Å². The number of carbonyl (C=O) groups is 2. The van der Waals surface area contributed by atoms with Crippen LogP contribution in [0, 0.1) is 13.8 Å². The van der Waals surface area contributed by atoms with E-state index in [1.807, 2.05) is 32.0 Å². The molecule has 2 rings (SSSR count). The Hall–Kier alpha value is -2.47. The number of anilines is 1. The highest BCUT2D eigenvalue weighted by molar-refractivity contribution is 7.85. The van der Waals surface area contributed by atoms with Crippen LogP contribution in [0.3, 0.4) is 0 Å². The molecular formula is C19H21NO4S. The summed E-state index contributed by atoms with van der Waals surface area (Å²) in [4.78, 5) is 24.7. The summed E-state index contributed by atoms with van der Waals surface area (Å²) >= 11 is 0. The van der Waals surface area contributed by atoms with Crippen LogP contribution in [-0.4, -0.2) is 28.4 Å². The lowest BCUT2D eigenvalue weighted by Gasteiger charge is -2.11. The standard InChI is InChI=1S/C19H21NO4S/c1-4-25(23)17-8-6-5-7-15(17)19(22)24-12-18(21)20-16-11-13(2)9-10-14(16)3/h5-11H,4,12H2,1-3H3,(H,20,21)/t25-/m1/s1. The molecule has 0 fully saturated rings. The molecule has 6 heteroatoms. The Kier molecular flexibility index (Phi) is 6.47. The second-order valence-corrected chi connectivity index (χ2v) is 7.28. The SMILES string of the molecule is CC[S@@](=O)c1ccccc1C(=O)OCC(=O)Nc1cc(C)ccc1C. The number of hydrogen-bond acceptors (Lipinski definition) is 4. The van der Waals surface area contributed by atoms with Crippen molar-refractivity contribution in [2.24, 2.45) is 0 Å². The molecule has 0 bridgehead atoms. The van der Waals surface area contributed by atoms with Crippen molar-refractivity contribution in [1.29, 1.82) is 0 Å². The average Bonchev–Trinajstić information content (AvgIpc) is 2.62. The quantitative estimate of drug-likeness (QED) is 0.804. The third kappa shape index (κ3) is 5.00. The molecule has 0 unspecified atom stereocenters. The number of hydrogen-bond donors (Lipinski definition) is 1. The first-order valence-corrected chi connectivity index (χ1v) is 9.26. The normalized spacial score (nSPS) is 11.6. The third-order valence-electron chi connectivity index (χ3n) is 3.62. The van der Waals surface area contributed by atoms with Gasteiger partial charge in [0, 0.05) is 11.4 Å². The Labute approximate surface area is 149 Å². The lowest BCUT2D eigenvalue weighted by molar-refractivity contribution is -0.119. The monoisotopic (exact) mass is 359 g/mol. The van der Waals surface area contributed by atoms with Crippen molar-refractivity contribution in [2.75, 3.05) is 17.7 Å². The number of esters is 1. The van der Waals surface area contributed by atoms with Crippen LogP contribution in [0.2, 0.25) is 0 Å². The molecule has 2 aromatic carbocycles. The highest BCUT2D eigenvalue weighted by atomic mass is 32.2. The molecule has 0 radical (unpaired) electrons. The summed E-state index contributed by atoms with van der Waals surface area (Å²) in [5.41, 5.74) is 2.86. The van der Waals surface area contributed by atoms with Gasteiger partial charge < -0.3 is 10.1 Å². The molecular weight excluding hydrogens is 338 g/mol.